The molecular weight excluding hydrogens is 228 g/mol. The van der Waals surface area contributed by atoms with Crippen LogP contribution in [0.15, 0.2) is 16.1 Å². The molecule has 0 saturated carbocycles. The van der Waals surface area contributed by atoms with Crippen molar-refractivity contribution in [1.82, 2.24) is 4.90 Å². The molecule has 2 aliphatic heterocycles. The first-order valence-corrected chi connectivity index (χ1v) is 6.03. The van der Waals surface area contributed by atoms with Crippen molar-refractivity contribution in [3.05, 3.63) is 11.1 Å². The van der Waals surface area contributed by atoms with E-state index in [2.05, 4.69) is 4.99 Å². The highest BCUT2D eigenvalue weighted by Gasteiger charge is 2.30. The molecule has 0 aromatic carbocycles. The standard InChI is InChI=1S/C10H12N2O3S/c1-2-15-9(14)7-6-16-10-11-8(13)4-3-5-12(7)10/h6H,2-5H2,1H3. The van der Waals surface area contributed by atoms with Crippen molar-refractivity contribution in [1.29, 1.82) is 0 Å². The minimum absolute atomic E-state index is 0.122. The number of esters is 1. The Morgan fingerprint density at radius 2 is 2.50 bits per heavy atom. The maximum absolute atomic E-state index is 11.6. The normalized spacial score (nSPS) is 19.8. The number of hydrogen-bond donors (Lipinski definition) is 0. The maximum Gasteiger partial charge on any atom is 0.355 e. The van der Waals surface area contributed by atoms with Gasteiger partial charge < -0.3 is 9.64 Å². The molecule has 0 radical (unpaired) electrons. The Morgan fingerprint density at radius 1 is 1.69 bits per heavy atom. The first kappa shape index (κ1) is 11.2. The molecule has 0 aliphatic carbocycles. The number of aliphatic imine (C=N–C) groups is 1. The lowest BCUT2D eigenvalue weighted by Gasteiger charge is -2.18. The van der Waals surface area contributed by atoms with Crippen LogP contribution in [0.3, 0.4) is 0 Å². The summed E-state index contributed by atoms with van der Waals surface area (Å²) in [5, 5.41) is 2.28. The molecule has 6 heteroatoms. The summed E-state index contributed by atoms with van der Waals surface area (Å²) in [5.41, 5.74) is 0.486. The molecule has 0 atom stereocenters. The van der Waals surface area contributed by atoms with Gasteiger partial charge in [-0.15, -0.1) is 0 Å². The van der Waals surface area contributed by atoms with Crippen molar-refractivity contribution in [2.75, 3.05) is 13.2 Å². The molecule has 2 heterocycles. The average Bonchev–Trinajstić information content (AvgIpc) is 2.53. The molecule has 0 saturated heterocycles. The predicted molar refractivity (Wildman–Crippen MR) is 60.7 cm³/mol. The fraction of sp³-hybridized carbons (Fsp3) is 0.500. The van der Waals surface area contributed by atoms with Gasteiger partial charge in [-0.1, -0.05) is 11.8 Å². The SMILES string of the molecule is CCOC(=O)C1=CSC2=NC(=O)CCCN12. The Morgan fingerprint density at radius 3 is 3.25 bits per heavy atom. The third-order valence-electron chi connectivity index (χ3n) is 2.27. The Bertz CT molecular complexity index is 390. The van der Waals surface area contributed by atoms with E-state index in [1.165, 1.54) is 11.8 Å². The van der Waals surface area contributed by atoms with E-state index in [1.54, 1.807) is 17.2 Å². The summed E-state index contributed by atoms with van der Waals surface area (Å²) in [6.45, 7) is 2.75. The second-order valence-electron chi connectivity index (χ2n) is 3.38. The van der Waals surface area contributed by atoms with Crippen molar-refractivity contribution in [3.63, 3.8) is 0 Å². The van der Waals surface area contributed by atoms with E-state index >= 15 is 0 Å². The number of carbonyl (C=O) groups excluding carboxylic acids is 2. The molecule has 0 aromatic rings. The molecule has 86 valence electrons. The summed E-state index contributed by atoms with van der Waals surface area (Å²) >= 11 is 1.30. The Labute approximate surface area is 97.5 Å². The fourth-order valence-electron chi connectivity index (χ4n) is 1.56. The zero-order valence-corrected chi connectivity index (χ0v) is 9.75. The molecular formula is C10H12N2O3S. The second kappa shape index (κ2) is 4.69. The van der Waals surface area contributed by atoms with E-state index < -0.39 is 0 Å². The topological polar surface area (TPSA) is 59.0 Å². The van der Waals surface area contributed by atoms with Crippen LogP contribution in [0, 0.1) is 0 Å². The van der Waals surface area contributed by atoms with Gasteiger partial charge in [-0.2, -0.15) is 4.99 Å². The van der Waals surface area contributed by atoms with E-state index in [1.807, 2.05) is 0 Å². The van der Waals surface area contributed by atoms with Gasteiger partial charge in [0.15, 0.2) is 5.17 Å². The molecule has 0 bridgehead atoms. The van der Waals surface area contributed by atoms with E-state index in [4.69, 9.17) is 4.74 Å². The smallest absolute Gasteiger partial charge is 0.355 e. The number of amides is 1. The Balaban J connectivity index is 2.16. The van der Waals surface area contributed by atoms with E-state index in [-0.39, 0.29) is 11.9 Å². The molecule has 16 heavy (non-hydrogen) atoms. The lowest BCUT2D eigenvalue weighted by molar-refractivity contribution is -0.139. The summed E-state index contributed by atoms with van der Waals surface area (Å²) < 4.78 is 4.94. The summed E-state index contributed by atoms with van der Waals surface area (Å²) in [7, 11) is 0. The van der Waals surface area contributed by atoms with Crippen LogP contribution in [0.5, 0.6) is 0 Å². The molecule has 2 aliphatic rings. The Kier molecular flexibility index (Phi) is 3.28. The molecule has 5 nitrogen and oxygen atoms in total. The lowest BCUT2D eigenvalue weighted by Crippen LogP contribution is -2.29. The fourth-order valence-corrected chi connectivity index (χ4v) is 2.47. The number of carbonyl (C=O) groups is 2. The van der Waals surface area contributed by atoms with Crippen molar-refractivity contribution < 1.29 is 14.3 Å². The van der Waals surface area contributed by atoms with E-state index in [9.17, 15) is 9.59 Å². The average molecular weight is 240 g/mol. The molecule has 0 spiro atoms. The minimum Gasteiger partial charge on any atom is -0.461 e. The molecule has 1 amide bonds. The number of amidine groups is 1. The highest BCUT2D eigenvalue weighted by atomic mass is 32.2. The number of thioether (sulfide) groups is 1. The van der Waals surface area contributed by atoms with Gasteiger partial charge in [-0.05, 0) is 13.3 Å². The van der Waals surface area contributed by atoms with Crippen LogP contribution in [0.25, 0.3) is 0 Å². The van der Waals surface area contributed by atoms with Gasteiger partial charge in [0, 0.05) is 18.4 Å². The zero-order chi connectivity index (χ0) is 11.5. The van der Waals surface area contributed by atoms with Crippen LogP contribution < -0.4 is 0 Å². The quantitative estimate of drug-likeness (QED) is 0.677. The van der Waals surface area contributed by atoms with Crippen molar-refractivity contribution in [2.45, 2.75) is 19.8 Å². The third-order valence-corrected chi connectivity index (χ3v) is 3.14. The number of fused-ring (bicyclic) bond motifs is 1. The van der Waals surface area contributed by atoms with Crippen molar-refractivity contribution >= 4 is 28.8 Å². The molecule has 2 rings (SSSR count). The first-order valence-electron chi connectivity index (χ1n) is 5.15. The molecule has 0 unspecified atom stereocenters. The van der Waals surface area contributed by atoms with Crippen molar-refractivity contribution in [3.8, 4) is 0 Å². The summed E-state index contributed by atoms with van der Waals surface area (Å²) in [6.07, 6.45) is 1.15. The molecule has 0 fully saturated rings. The molecule has 0 N–H and O–H groups in total. The minimum atomic E-state index is -0.352. The van der Waals surface area contributed by atoms with Gasteiger partial charge in [0.1, 0.15) is 5.70 Å². The van der Waals surface area contributed by atoms with E-state index in [0.29, 0.717) is 36.9 Å². The number of hydrogen-bond acceptors (Lipinski definition) is 5. The summed E-state index contributed by atoms with van der Waals surface area (Å²) in [5.74, 6) is -0.474. The van der Waals surface area contributed by atoms with Gasteiger partial charge in [-0.3, -0.25) is 4.79 Å². The largest absolute Gasteiger partial charge is 0.461 e. The van der Waals surface area contributed by atoms with E-state index in [0.717, 1.165) is 0 Å². The monoisotopic (exact) mass is 240 g/mol. The molecule has 0 aromatic heterocycles. The van der Waals surface area contributed by atoms with Crippen LogP contribution in [0.4, 0.5) is 0 Å². The summed E-state index contributed by atoms with van der Waals surface area (Å²) in [4.78, 5) is 28.6. The first-order chi connectivity index (χ1) is 7.72. The second-order valence-corrected chi connectivity index (χ2v) is 4.22. The number of nitrogens with zero attached hydrogens (tertiary/aromatic N) is 2. The number of rotatable bonds is 2. The maximum atomic E-state index is 11.6. The van der Waals surface area contributed by atoms with Crippen LogP contribution in [0.2, 0.25) is 0 Å². The summed E-state index contributed by atoms with van der Waals surface area (Å²) in [6, 6.07) is 0. The predicted octanol–water partition coefficient (Wildman–Crippen LogP) is 1.12. The van der Waals surface area contributed by atoms with Gasteiger partial charge in [-0.25, -0.2) is 4.79 Å². The zero-order valence-electron chi connectivity index (χ0n) is 8.93. The van der Waals surface area contributed by atoms with Gasteiger partial charge in [0.05, 0.1) is 6.61 Å². The highest BCUT2D eigenvalue weighted by Crippen LogP contribution is 2.29. The van der Waals surface area contributed by atoms with Crippen LogP contribution in [-0.2, 0) is 14.3 Å². The van der Waals surface area contributed by atoms with Crippen molar-refractivity contribution in [2.24, 2.45) is 4.99 Å². The Hall–Kier alpha value is -1.30. The highest BCUT2D eigenvalue weighted by molar-refractivity contribution is 8.16. The van der Waals surface area contributed by atoms with Crippen LogP contribution >= 0.6 is 11.8 Å². The lowest BCUT2D eigenvalue weighted by atomic mass is 10.3. The van der Waals surface area contributed by atoms with Gasteiger partial charge >= 0.3 is 5.97 Å². The third kappa shape index (κ3) is 2.11. The number of ether oxygens (including phenoxy) is 1. The van der Waals surface area contributed by atoms with Crippen LogP contribution in [0.1, 0.15) is 19.8 Å². The van der Waals surface area contributed by atoms with Gasteiger partial charge in [0.25, 0.3) is 0 Å². The van der Waals surface area contributed by atoms with Gasteiger partial charge in [0.2, 0.25) is 5.91 Å². The van der Waals surface area contributed by atoms with Crippen LogP contribution in [-0.4, -0.2) is 35.1 Å².